The second-order valence-corrected chi connectivity index (χ2v) is 4.85. The van der Waals surface area contributed by atoms with E-state index >= 15 is 0 Å². The molecule has 2 rings (SSSR count). The third-order valence-corrected chi connectivity index (χ3v) is 3.29. The Morgan fingerprint density at radius 3 is 2.48 bits per heavy atom. The lowest BCUT2D eigenvalue weighted by Crippen LogP contribution is -2.55. The van der Waals surface area contributed by atoms with Crippen LogP contribution in [-0.2, 0) is 19.0 Å². The number of halogens is 3. The molecule has 2 aliphatic heterocycles. The zero-order chi connectivity index (χ0) is 17.1. The van der Waals surface area contributed by atoms with E-state index in [4.69, 9.17) is 9.47 Å². The van der Waals surface area contributed by atoms with E-state index in [1.54, 1.807) is 6.92 Å². The van der Waals surface area contributed by atoms with Gasteiger partial charge in [-0.1, -0.05) is 6.92 Å². The zero-order valence-corrected chi connectivity index (χ0v) is 12.9. The Kier molecular flexibility index (Phi) is 5.12. The summed E-state index contributed by atoms with van der Waals surface area (Å²) in [5.41, 5.74) is -3.32. The zero-order valence-electron chi connectivity index (χ0n) is 12.9. The SMILES string of the molecule is CCOC(=O)C1(C(F)(F)F)N=C(CC)OC(N2CCOCC2)=N1. The summed E-state index contributed by atoms with van der Waals surface area (Å²) in [4.78, 5) is 20.4. The van der Waals surface area contributed by atoms with Gasteiger partial charge in [0.05, 0.1) is 19.8 Å². The van der Waals surface area contributed by atoms with Gasteiger partial charge < -0.3 is 19.1 Å². The summed E-state index contributed by atoms with van der Waals surface area (Å²) >= 11 is 0. The molecule has 10 heteroatoms. The van der Waals surface area contributed by atoms with E-state index in [-0.39, 0.29) is 24.9 Å². The highest BCUT2D eigenvalue weighted by Gasteiger charge is 2.65. The van der Waals surface area contributed by atoms with Crippen molar-refractivity contribution >= 4 is 17.9 Å². The number of alkyl halides is 3. The van der Waals surface area contributed by atoms with E-state index in [0.717, 1.165) is 0 Å². The average molecular weight is 337 g/mol. The molecule has 1 fully saturated rings. The molecule has 7 nitrogen and oxygen atoms in total. The van der Waals surface area contributed by atoms with Crippen molar-refractivity contribution in [2.24, 2.45) is 9.98 Å². The van der Waals surface area contributed by atoms with E-state index in [9.17, 15) is 18.0 Å². The van der Waals surface area contributed by atoms with Crippen LogP contribution in [0.2, 0.25) is 0 Å². The van der Waals surface area contributed by atoms with Gasteiger partial charge in [-0.25, -0.2) is 9.79 Å². The Morgan fingerprint density at radius 1 is 1.30 bits per heavy atom. The molecule has 2 aliphatic rings. The van der Waals surface area contributed by atoms with Crippen LogP contribution in [0.5, 0.6) is 0 Å². The van der Waals surface area contributed by atoms with Crippen LogP contribution in [0.15, 0.2) is 9.98 Å². The second kappa shape index (κ2) is 6.73. The van der Waals surface area contributed by atoms with Crippen molar-refractivity contribution in [1.29, 1.82) is 0 Å². The normalized spacial score (nSPS) is 25.3. The lowest BCUT2D eigenvalue weighted by molar-refractivity contribution is -0.204. The first-order valence-electron chi connectivity index (χ1n) is 7.27. The molecule has 1 saturated heterocycles. The first kappa shape index (κ1) is 17.5. The van der Waals surface area contributed by atoms with E-state index in [0.29, 0.717) is 26.3 Å². The fraction of sp³-hybridized carbons (Fsp3) is 0.769. The molecule has 0 saturated carbocycles. The van der Waals surface area contributed by atoms with Crippen LogP contribution < -0.4 is 0 Å². The van der Waals surface area contributed by atoms with Crippen molar-refractivity contribution in [2.45, 2.75) is 32.1 Å². The van der Waals surface area contributed by atoms with Crippen LogP contribution in [0.25, 0.3) is 0 Å². The lowest BCUT2D eigenvalue weighted by atomic mass is 10.1. The van der Waals surface area contributed by atoms with Gasteiger partial charge in [0.2, 0.25) is 0 Å². The summed E-state index contributed by atoms with van der Waals surface area (Å²) in [5.74, 6) is -1.78. The molecule has 0 aliphatic carbocycles. The van der Waals surface area contributed by atoms with Crippen molar-refractivity contribution in [3.05, 3.63) is 0 Å². The number of esters is 1. The summed E-state index contributed by atoms with van der Waals surface area (Å²) in [5, 5.41) is 0. The standard InChI is InChI=1S/C13H18F3N3O4/c1-3-9-17-12(13(14,15)16,10(20)22-4-2)18-11(23-9)19-5-7-21-8-6-19/h3-8H2,1-2H3. The molecule has 130 valence electrons. The Morgan fingerprint density at radius 2 is 1.96 bits per heavy atom. The third kappa shape index (κ3) is 3.41. The predicted molar refractivity (Wildman–Crippen MR) is 74.1 cm³/mol. The minimum Gasteiger partial charge on any atom is -0.462 e. The summed E-state index contributed by atoms with van der Waals surface area (Å²) < 4.78 is 55.9. The van der Waals surface area contributed by atoms with Crippen LogP contribution in [0, 0.1) is 0 Å². The molecule has 0 aromatic rings. The average Bonchev–Trinajstić information content (AvgIpc) is 2.54. The molecule has 0 aromatic carbocycles. The molecule has 0 N–H and O–H groups in total. The highest BCUT2D eigenvalue weighted by atomic mass is 19.4. The fourth-order valence-electron chi connectivity index (χ4n) is 2.10. The van der Waals surface area contributed by atoms with Crippen molar-refractivity contribution in [3.8, 4) is 0 Å². The van der Waals surface area contributed by atoms with E-state index in [1.807, 2.05) is 0 Å². The summed E-state index contributed by atoms with van der Waals surface area (Å²) in [7, 11) is 0. The molecule has 0 radical (unpaired) electrons. The minimum atomic E-state index is -5.04. The molecule has 0 bridgehead atoms. The molecule has 0 aromatic heterocycles. The van der Waals surface area contributed by atoms with Gasteiger partial charge >= 0.3 is 17.8 Å². The Balaban J connectivity index is 2.46. The topological polar surface area (TPSA) is 72.7 Å². The molecular formula is C13H18F3N3O4. The highest BCUT2D eigenvalue weighted by molar-refractivity contribution is 5.97. The number of hydrogen-bond donors (Lipinski definition) is 0. The number of ether oxygens (including phenoxy) is 3. The largest absolute Gasteiger partial charge is 0.462 e. The number of morpholine rings is 1. The second-order valence-electron chi connectivity index (χ2n) is 4.85. The van der Waals surface area contributed by atoms with Gasteiger partial charge in [-0.2, -0.15) is 18.2 Å². The van der Waals surface area contributed by atoms with Crippen LogP contribution in [-0.4, -0.2) is 67.5 Å². The minimum absolute atomic E-state index is 0.0839. The van der Waals surface area contributed by atoms with Gasteiger partial charge in [-0.15, -0.1) is 0 Å². The van der Waals surface area contributed by atoms with Gasteiger partial charge in [0, 0.05) is 19.5 Å². The molecule has 0 spiro atoms. The van der Waals surface area contributed by atoms with Gasteiger partial charge in [-0.05, 0) is 6.92 Å². The number of amidine groups is 1. The van der Waals surface area contributed by atoms with Gasteiger partial charge in [-0.3, -0.25) is 0 Å². The van der Waals surface area contributed by atoms with Gasteiger partial charge in [0.1, 0.15) is 0 Å². The van der Waals surface area contributed by atoms with Crippen LogP contribution >= 0.6 is 0 Å². The van der Waals surface area contributed by atoms with Crippen molar-refractivity contribution in [3.63, 3.8) is 0 Å². The van der Waals surface area contributed by atoms with Gasteiger partial charge in [0.15, 0.2) is 5.90 Å². The maximum absolute atomic E-state index is 13.6. The van der Waals surface area contributed by atoms with E-state index < -0.39 is 17.8 Å². The molecule has 1 atom stereocenters. The first-order chi connectivity index (χ1) is 10.8. The monoisotopic (exact) mass is 337 g/mol. The van der Waals surface area contributed by atoms with E-state index in [2.05, 4.69) is 14.7 Å². The Labute approximate surface area is 131 Å². The van der Waals surface area contributed by atoms with Crippen LogP contribution in [0.4, 0.5) is 13.2 Å². The van der Waals surface area contributed by atoms with E-state index in [1.165, 1.54) is 11.8 Å². The van der Waals surface area contributed by atoms with Crippen LogP contribution in [0.1, 0.15) is 20.3 Å². The fourth-order valence-corrected chi connectivity index (χ4v) is 2.10. The number of carbonyl (C=O) groups is 1. The molecule has 1 unspecified atom stereocenters. The number of nitrogens with zero attached hydrogens (tertiary/aromatic N) is 3. The smallest absolute Gasteiger partial charge is 0.446 e. The Hall–Kier alpha value is -1.84. The molecule has 23 heavy (non-hydrogen) atoms. The number of aliphatic imine (C=N–C) groups is 2. The first-order valence-corrected chi connectivity index (χ1v) is 7.27. The Bertz CT molecular complexity index is 515. The predicted octanol–water partition coefficient (Wildman–Crippen LogP) is 1.33. The number of hydrogen-bond acceptors (Lipinski definition) is 7. The summed E-state index contributed by atoms with van der Waals surface area (Å²) in [6.45, 7) is 4.07. The summed E-state index contributed by atoms with van der Waals surface area (Å²) in [6.07, 6.45) is -4.96. The molecule has 0 amide bonds. The van der Waals surface area contributed by atoms with Crippen LogP contribution in [0.3, 0.4) is 0 Å². The maximum Gasteiger partial charge on any atom is 0.446 e. The van der Waals surface area contributed by atoms with Crippen molar-refractivity contribution in [1.82, 2.24) is 4.90 Å². The quantitative estimate of drug-likeness (QED) is 0.727. The summed E-state index contributed by atoms with van der Waals surface area (Å²) in [6, 6.07) is -0.287. The van der Waals surface area contributed by atoms with Gasteiger partial charge in [0.25, 0.3) is 6.02 Å². The van der Waals surface area contributed by atoms with Crippen molar-refractivity contribution < 1.29 is 32.2 Å². The number of carbonyl (C=O) groups excluding carboxylic acids is 1. The third-order valence-electron chi connectivity index (χ3n) is 3.29. The maximum atomic E-state index is 13.6. The number of rotatable bonds is 3. The molecular weight excluding hydrogens is 319 g/mol. The highest BCUT2D eigenvalue weighted by Crippen LogP contribution is 2.39. The lowest BCUT2D eigenvalue weighted by Gasteiger charge is -2.35. The molecule has 2 heterocycles. The van der Waals surface area contributed by atoms with Crippen molar-refractivity contribution in [2.75, 3.05) is 32.9 Å².